The topological polar surface area (TPSA) is 59.9 Å². The number of piperazine rings is 1. The summed E-state index contributed by atoms with van der Waals surface area (Å²) in [7, 11) is 2.13. The van der Waals surface area contributed by atoms with Gasteiger partial charge in [-0.15, -0.1) is 24.0 Å². The van der Waals surface area contributed by atoms with E-state index in [1.165, 1.54) is 0 Å². The number of anilines is 1. The summed E-state index contributed by atoms with van der Waals surface area (Å²) in [5.41, 5.74) is 0. The minimum atomic E-state index is 0. The van der Waals surface area contributed by atoms with Crippen LogP contribution in [0.25, 0.3) is 0 Å². The third kappa shape index (κ3) is 6.39. The van der Waals surface area contributed by atoms with Crippen LogP contribution in [0, 0.1) is 0 Å². The van der Waals surface area contributed by atoms with Crippen LogP contribution in [0.15, 0.2) is 23.5 Å². The highest BCUT2D eigenvalue weighted by Crippen LogP contribution is 2.09. The predicted molar refractivity (Wildman–Crippen MR) is 110 cm³/mol. The van der Waals surface area contributed by atoms with Crippen LogP contribution in [-0.4, -0.2) is 85.1 Å². The molecule has 1 fully saturated rings. The van der Waals surface area contributed by atoms with Gasteiger partial charge in [-0.3, -0.25) is 4.99 Å². The van der Waals surface area contributed by atoms with E-state index < -0.39 is 0 Å². The molecule has 1 saturated heterocycles. The van der Waals surface area contributed by atoms with E-state index in [4.69, 9.17) is 4.99 Å². The first-order valence-electron chi connectivity index (χ1n) is 8.48. The first-order chi connectivity index (χ1) is 11.2. The second kappa shape index (κ2) is 11.4. The van der Waals surface area contributed by atoms with Crippen molar-refractivity contribution in [1.82, 2.24) is 25.1 Å². The van der Waals surface area contributed by atoms with Gasteiger partial charge in [0.25, 0.3) is 0 Å². The number of aromatic nitrogens is 2. The molecular weight excluding hydrogens is 417 g/mol. The van der Waals surface area contributed by atoms with Gasteiger partial charge in [0.15, 0.2) is 5.96 Å². The first-order valence-corrected chi connectivity index (χ1v) is 8.48. The molecule has 0 aliphatic carbocycles. The van der Waals surface area contributed by atoms with Crippen LogP contribution in [0.3, 0.4) is 0 Å². The van der Waals surface area contributed by atoms with Crippen LogP contribution in [0.4, 0.5) is 5.95 Å². The number of guanidine groups is 1. The number of rotatable bonds is 6. The van der Waals surface area contributed by atoms with Gasteiger partial charge in [-0.25, -0.2) is 9.97 Å². The van der Waals surface area contributed by atoms with Crippen molar-refractivity contribution in [3.05, 3.63) is 18.5 Å². The number of hydrogen-bond donors (Lipinski definition) is 1. The second-order valence-corrected chi connectivity index (χ2v) is 5.65. The minimum absolute atomic E-state index is 0. The number of nitrogens with zero attached hydrogens (tertiary/aromatic N) is 6. The highest BCUT2D eigenvalue weighted by Gasteiger charge is 2.20. The van der Waals surface area contributed by atoms with Gasteiger partial charge in [-0.2, -0.15) is 0 Å². The van der Waals surface area contributed by atoms with Gasteiger partial charge in [0.05, 0.1) is 6.54 Å². The number of aliphatic imine (C=N–C) groups is 1. The molecule has 1 aliphatic rings. The molecule has 24 heavy (non-hydrogen) atoms. The Labute approximate surface area is 162 Å². The van der Waals surface area contributed by atoms with E-state index >= 15 is 0 Å². The third-order valence-corrected chi connectivity index (χ3v) is 4.03. The number of likely N-dealkylation sites (N-methyl/N-ethyl adjacent to an activating group) is 1. The SMILES string of the molecule is CCNC(=NCCN(C)CC)N1CCN(c2ncccn2)CC1.I. The van der Waals surface area contributed by atoms with E-state index in [0.29, 0.717) is 0 Å². The third-order valence-electron chi connectivity index (χ3n) is 4.03. The predicted octanol–water partition coefficient (Wildman–Crippen LogP) is 1.13. The van der Waals surface area contributed by atoms with E-state index in [-0.39, 0.29) is 24.0 Å². The van der Waals surface area contributed by atoms with Crippen molar-refractivity contribution < 1.29 is 0 Å². The molecule has 7 nitrogen and oxygen atoms in total. The Morgan fingerprint density at radius 2 is 1.88 bits per heavy atom. The molecule has 2 rings (SSSR count). The summed E-state index contributed by atoms with van der Waals surface area (Å²) in [5, 5.41) is 3.41. The quantitative estimate of drug-likeness (QED) is 0.401. The Kier molecular flexibility index (Phi) is 9.92. The van der Waals surface area contributed by atoms with Gasteiger partial charge >= 0.3 is 0 Å². The van der Waals surface area contributed by atoms with E-state index in [1.807, 2.05) is 6.07 Å². The maximum atomic E-state index is 4.76. The van der Waals surface area contributed by atoms with Crippen LogP contribution in [0.2, 0.25) is 0 Å². The average molecular weight is 447 g/mol. The molecule has 0 aromatic carbocycles. The molecular formula is C16H30IN7. The summed E-state index contributed by atoms with van der Waals surface area (Å²) < 4.78 is 0. The van der Waals surface area contributed by atoms with Gasteiger partial charge in [-0.1, -0.05) is 6.92 Å². The van der Waals surface area contributed by atoms with Crippen molar-refractivity contribution in [2.75, 3.05) is 64.3 Å². The summed E-state index contributed by atoms with van der Waals surface area (Å²) >= 11 is 0. The van der Waals surface area contributed by atoms with Crippen molar-refractivity contribution in [2.24, 2.45) is 4.99 Å². The Morgan fingerprint density at radius 1 is 1.21 bits per heavy atom. The number of halogens is 1. The largest absolute Gasteiger partial charge is 0.357 e. The summed E-state index contributed by atoms with van der Waals surface area (Å²) in [4.78, 5) is 20.3. The lowest BCUT2D eigenvalue weighted by atomic mass is 10.3. The zero-order valence-corrected chi connectivity index (χ0v) is 17.3. The summed E-state index contributed by atoms with van der Waals surface area (Å²) in [6, 6.07) is 1.85. The van der Waals surface area contributed by atoms with E-state index in [0.717, 1.165) is 64.3 Å². The molecule has 0 amide bonds. The first kappa shape index (κ1) is 20.9. The smallest absolute Gasteiger partial charge is 0.225 e. The van der Waals surface area contributed by atoms with Crippen LogP contribution >= 0.6 is 24.0 Å². The van der Waals surface area contributed by atoms with Crippen LogP contribution in [0.1, 0.15) is 13.8 Å². The molecule has 0 saturated carbocycles. The fraction of sp³-hybridized carbons (Fsp3) is 0.688. The van der Waals surface area contributed by atoms with Gasteiger partial charge in [0.1, 0.15) is 0 Å². The Hall–Kier alpha value is -1.16. The molecule has 2 heterocycles. The number of nitrogens with one attached hydrogen (secondary N) is 1. The highest BCUT2D eigenvalue weighted by atomic mass is 127. The zero-order valence-electron chi connectivity index (χ0n) is 15.0. The molecule has 8 heteroatoms. The van der Waals surface area contributed by atoms with Crippen molar-refractivity contribution in [2.45, 2.75) is 13.8 Å². The van der Waals surface area contributed by atoms with Crippen LogP contribution in [-0.2, 0) is 0 Å². The Morgan fingerprint density at radius 3 is 2.46 bits per heavy atom. The molecule has 136 valence electrons. The Balaban J connectivity index is 0.00000288. The molecule has 0 atom stereocenters. The van der Waals surface area contributed by atoms with Crippen molar-refractivity contribution in [1.29, 1.82) is 0 Å². The molecule has 0 bridgehead atoms. The van der Waals surface area contributed by atoms with Crippen LogP contribution in [0.5, 0.6) is 0 Å². The van der Waals surface area contributed by atoms with Crippen molar-refractivity contribution >= 4 is 35.9 Å². The molecule has 1 aromatic rings. The lowest BCUT2D eigenvalue weighted by Crippen LogP contribution is -2.53. The van der Waals surface area contributed by atoms with Gasteiger partial charge in [0.2, 0.25) is 5.95 Å². The highest BCUT2D eigenvalue weighted by molar-refractivity contribution is 14.0. The zero-order chi connectivity index (χ0) is 16.5. The van der Waals surface area contributed by atoms with Gasteiger partial charge in [0, 0.05) is 51.7 Å². The molecule has 0 radical (unpaired) electrons. The second-order valence-electron chi connectivity index (χ2n) is 5.65. The summed E-state index contributed by atoms with van der Waals surface area (Å²) in [6.07, 6.45) is 3.59. The van der Waals surface area contributed by atoms with E-state index in [2.05, 4.69) is 50.9 Å². The Bertz CT molecular complexity index is 475. The molecule has 0 spiro atoms. The summed E-state index contributed by atoms with van der Waals surface area (Å²) in [5.74, 6) is 1.84. The van der Waals surface area contributed by atoms with Gasteiger partial charge in [-0.05, 0) is 26.6 Å². The maximum absolute atomic E-state index is 4.76. The standard InChI is InChI=1S/C16H29N7.HI/c1-4-17-15(20-9-10-21(3)5-2)22-11-13-23(14-12-22)16-18-7-6-8-19-16;/h6-8H,4-5,9-14H2,1-3H3,(H,17,20);1H. The van der Waals surface area contributed by atoms with Crippen LogP contribution < -0.4 is 10.2 Å². The molecule has 1 aromatic heterocycles. The van der Waals surface area contributed by atoms with Crippen molar-refractivity contribution in [3.8, 4) is 0 Å². The van der Waals surface area contributed by atoms with Gasteiger partial charge < -0.3 is 20.0 Å². The van der Waals surface area contributed by atoms with E-state index in [9.17, 15) is 0 Å². The monoisotopic (exact) mass is 447 g/mol. The molecule has 0 unspecified atom stereocenters. The lowest BCUT2D eigenvalue weighted by Gasteiger charge is -2.36. The van der Waals surface area contributed by atoms with E-state index in [1.54, 1.807) is 12.4 Å². The average Bonchev–Trinajstić information content (AvgIpc) is 2.61. The summed E-state index contributed by atoms with van der Waals surface area (Å²) in [6.45, 7) is 11.8. The maximum Gasteiger partial charge on any atom is 0.225 e. The molecule has 1 N–H and O–H groups in total. The molecule has 1 aliphatic heterocycles. The normalized spacial score (nSPS) is 15.4. The fourth-order valence-corrected chi connectivity index (χ4v) is 2.48. The fourth-order valence-electron chi connectivity index (χ4n) is 2.48. The lowest BCUT2D eigenvalue weighted by molar-refractivity contribution is 0.354. The number of hydrogen-bond acceptors (Lipinski definition) is 5. The minimum Gasteiger partial charge on any atom is -0.357 e. The van der Waals surface area contributed by atoms with Crippen molar-refractivity contribution in [3.63, 3.8) is 0 Å².